The van der Waals surface area contributed by atoms with Crippen molar-refractivity contribution in [3.8, 4) is 0 Å². The number of hydrogen-bond donors (Lipinski definition) is 1. The summed E-state index contributed by atoms with van der Waals surface area (Å²) >= 11 is 0. The maximum atomic E-state index is 14.1. The van der Waals surface area contributed by atoms with Gasteiger partial charge < -0.3 is 10.6 Å². The fourth-order valence-corrected chi connectivity index (χ4v) is 2.81. The van der Waals surface area contributed by atoms with Gasteiger partial charge in [-0.3, -0.25) is 0 Å². The molecule has 1 aliphatic heterocycles. The van der Waals surface area contributed by atoms with Crippen LogP contribution < -0.4 is 10.6 Å². The second kappa shape index (κ2) is 4.65. The van der Waals surface area contributed by atoms with Crippen molar-refractivity contribution in [1.82, 2.24) is 0 Å². The van der Waals surface area contributed by atoms with Crippen LogP contribution in [0.1, 0.15) is 38.8 Å². The molecule has 1 fully saturated rings. The van der Waals surface area contributed by atoms with Gasteiger partial charge in [0, 0.05) is 18.6 Å². The van der Waals surface area contributed by atoms with Crippen LogP contribution in [0.15, 0.2) is 18.2 Å². The average molecular weight is 236 g/mol. The molecule has 0 aromatic heterocycles. The number of para-hydroxylation sites is 1. The number of nitrogens with two attached hydrogens (primary N) is 1. The van der Waals surface area contributed by atoms with Crippen molar-refractivity contribution in [3.63, 3.8) is 0 Å². The number of nitrogens with zero attached hydrogens (tertiary/aromatic N) is 1. The van der Waals surface area contributed by atoms with Crippen LogP contribution in [0.4, 0.5) is 10.1 Å². The quantitative estimate of drug-likeness (QED) is 0.855. The molecule has 94 valence electrons. The average Bonchev–Trinajstić information content (AvgIpc) is 2.57. The summed E-state index contributed by atoms with van der Waals surface area (Å²) in [5.74, 6) is 0.464. The number of hydrogen-bond acceptors (Lipinski definition) is 2. The third kappa shape index (κ3) is 2.29. The lowest BCUT2D eigenvalue weighted by atomic mass is 10.0. The molecule has 0 spiro atoms. The van der Waals surface area contributed by atoms with E-state index >= 15 is 0 Å². The van der Waals surface area contributed by atoms with E-state index in [1.165, 1.54) is 6.07 Å². The number of anilines is 1. The van der Waals surface area contributed by atoms with Crippen molar-refractivity contribution < 1.29 is 4.39 Å². The summed E-state index contributed by atoms with van der Waals surface area (Å²) in [7, 11) is 0. The van der Waals surface area contributed by atoms with E-state index in [1.54, 1.807) is 6.07 Å². The van der Waals surface area contributed by atoms with Gasteiger partial charge in [-0.1, -0.05) is 19.1 Å². The molecular weight excluding hydrogens is 215 g/mol. The normalized spacial score (nSPS) is 26.3. The van der Waals surface area contributed by atoms with Crippen LogP contribution in [-0.2, 0) is 0 Å². The van der Waals surface area contributed by atoms with Crippen molar-refractivity contribution in [3.05, 3.63) is 29.6 Å². The van der Waals surface area contributed by atoms with Crippen LogP contribution >= 0.6 is 0 Å². The molecule has 2 rings (SSSR count). The van der Waals surface area contributed by atoms with Crippen LogP contribution in [0.3, 0.4) is 0 Å². The molecule has 0 bridgehead atoms. The Morgan fingerprint density at radius 2 is 2.12 bits per heavy atom. The molecule has 2 unspecified atom stereocenters. The van der Waals surface area contributed by atoms with Crippen LogP contribution in [-0.4, -0.2) is 12.6 Å². The van der Waals surface area contributed by atoms with E-state index in [-0.39, 0.29) is 11.9 Å². The van der Waals surface area contributed by atoms with Gasteiger partial charge in [0.1, 0.15) is 5.82 Å². The number of halogens is 1. The number of rotatable bonds is 2. The van der Waals surface area contributed by atoms with Gasteiger partial charge in [0.25, 0.3) is 0 Å². The minimum absolute atomic E-state index is 0.135. The Morgan fingerprint density at radius 1 is 1.41 bits per heavy atom. The minimum Gasteiger partial charge on any atom is -0.366 e. The first-order valence-corrected chi connectivity index (χ1v) is 6.31. The monoisotopic (exact) mass is 236 g/mol. The summed E-state index contributed by atoms with van der Waals surface area (Å²) in [6.07, 6.45) is 1.12. The molecule has 3 atom stereocenters. The topological polar surface area (TPSA) is 29.3 Å². The standard InChI is InChI=1S/C14H21FN2/c1-9-7-10(2)17(8-9)14-12(11(3)16)5-4-6-13(14)15/h4-6,9-11H,7-8,16H2,1-3H3/t9?,10?,11-/m1/s1. The lowest BCUT2D eigenvalue weighted by Crippen LogP contribution is -2.29. The zero-order chi connectivity index (χ0) is 12.6. The van der Waals surface area contributed by atoms with Gasteiger partial charge in [-0.2, -0.15) is 0 Å². The molecule has 1 aromatic carbocycles. The Labute approximate surface area is 103 Å². The van der Waals surface area contributed by atoms with Gasteiger partial charge in [0.05, 0.1) is 5.69 Å². The SMILES string of the molecule is CC1CC(C)N(c2c(F)cccc2[C@@H](C)N)C1. The Bertz CT molecular complexity index is 403. The predicted molar refractivity (Wildman–Crippen MR) is 69.6 cm³/mol. The van der Waals surface area contributed by atoms with Crippen molar-refractivity contribution >= 4 is 5.69 Å². The van der Waals surface area contributed by atoms with Gasteiger partial charge in [-0.15, -0.1) is 0 Å². The first-order chi connectivity index (χ1) is 8.00. The van der Waals surface area contributed by atoms with E-state index in [0.29, 0.717) is 17.6 Å². The van der Waals surface area contributed by atoms with Crippen LogP contribution in [0.25, 0.3) is 0 Å². The highest BCUT2D eigenvalue weighted by Gasteiger charge is 2.30. The molecule has 1 aliphatic rings. The maximum absolute atomic E-state index is 14.1. The largest absolute Gasteiger partial charge is 0.366 e. The Balaban J connectivity index is 2.43. The minimum atomic E-state index is -0.152. The van der Waals surface area contributed by atoms with Gasteiger partial charge in [-0.05, 0) is 37.8 Å². The molecular formula is C14H21FN2. The van der Waals surface area contributed by atoms with Crippen molar-refractivity contribution in [2.45, 2.75) is 39.3 Å². The molecule has 3 heteroatoms. The molecule has 1 heterocycles. The zero-order valence-corrected chi connectivity index (χ0v) is 10.8. The molecule has 2 N–H and O–H groups in total. The molecule has 0 amide bonds. The molecule has 0 radical (unpaired) electrons. The van der Waals surface area contributed by atoms with E-state index < -0.39 is 0 Å². The van der Waals surface area contributed by atoms with E-state index in [4.69, 9.17) is 5.73 Å². The Hall–Kier alpha value is -1.09. The fraction of sp³-hybridized carbons (Fsp3) is 0.571. The van der Waals surface area contributed by atoms with E-state index in [2.05, 4.69) is 18.7 Å². The molecule has 0 saturated carbocycles. The van der Waals surface area contributed by atoms with Gasteiger partial charge in [-0.25, -0.2) is 4.39 Å². The zero-order valence-electron chi connectivity index (χ0n) is 10.8. The molecule has 0 aliphatic carbocycles. The second-order valence-electron chi connectivity index (χ2n) is 5.31. The number of benzene rings is 1. The summed E-state index contributed by atoms with van der Waals surface area (Å²) in [6.45, 7) is 7.19. The molecule has 1 aromatic rings. The van der Waals surface area contributed by atoms with Gasteiger partial charge in [0.15, 0.2) is 0 Å². The van der Waals surface area contributed by atoms with Crippen LogP contribution in [0, 0.1) is 11.7 Å². The van der Waals surface area contributed by atoms with Crippen LogP contribution in [0.5, 0.6) is 0 Å². The van der Waals surface area contributed by atoms with Gasteiger partial charge in [0.2, 0.25) is 0 Å². The Kier molecular flexibility index (Phi) is 3.38. The summed E-state index contributed by atoms with van der Waals surface area (Å²) in [5, 5.41) is 0. The Morgan fingerprint density at radius 3 is 2.65 bits per heavy atom. The summed E-state index contributed by atoms with van der Waals surface area (Å²) < 4.78 is 14.1. The predicted octanol–water partition coefficient (Wildman–Crippen LogP) is 3.08. The van der Waals surface area contributed by atoms with Gasteiger partial charge >= 0.3 is 0 Å². The molecule has 2 nitrogen and oxygen atoms in total. The first-order valence-electron chi connectivity index (χ1n) is 6.31. The fourth-order valence-electron chi connectivity index (χ4n) is 2.81. The van der Waals surface area contributed by atoms with Crippen molar-refractivity contribution in [1.29, 1.82) is 0 Å². The summed E-state index contributed by atoms with van der Waals surface area (Å²) in [4.78, 5) is 2.17. The smallest absolute Gasteiger partial charge is 0.146 e. The molecule has 17 heavy (non-hydrogen) atoms. The van der Waals surface area contributed by atoms with Crippen molar-refractivity contribution in [2.75, 3.05) is 11.4 Å². The highest BCUT2D eigenvalue weighted by Crippen LogP contribution is 2.35. The highest BCUT2D eigenvalue weighted by molar-refractivity contribution is 5.57. The second-order valence-corrected chi connectivity index (χ2v) is 5.31. The lowest BCUT2D eigenvalue weighted by molar-refractivity contribution is 0.606. The third-order valence-electron chi connectivity index (χ3n) is 3.58. The molecule has 1 saturated heterocycles. The first kappa shape index (κ1) is 12.4. The van der Waals surface area contributed by atoms with E-state index in [9.17, 15) is 4.39 Å². The maximum Gasteiger partial charge on any atom is 0.146 e. The van der Waals surface area contributed by atoms with Crippen LogP contribution in [0.2, 0.25) is 0 Å². The summed E-state index contributed by atoms with van der Waals surface area (Å²) in [6, 6.07) is 5.44. The summed E-state index contributed by atoms with van der Waals surface area (Å²) in [5.41, 5.74) is 7.55. The van der Waals surface area contributed by atoms with E-state index in [1.807, 2.05) is 13.0 Å². The third-order valence-corrected chi connectivity index (χ3v) is 3.58. The highest BCUT2D eigenvalue weighted by atomic mass is 19.1. The van der Waals surface area contributed by atoms with E-state index in [0.717, 1.165) is 18.5 Å². The lowest BCUT2D eigenvalue weighted by Gasteiger charge is -2.28. The van der Waals surface area contributed by atoms with Crippen molar-refractivity contribution in [2.24, 2.45) is 11.7 Å².